The molecule has 0 saturated carbocycles. The molecule has 0 fully saturated rings. The molecule has 0 atom stereocenters. The summed E-state index contributed by atoms with van der Waals surface area (Å²) in [6.45, 7) is 0. The minimum atomic E-state index is -4.67. The molecule has 1 aromatic carbocycles. The van der Waals surface area contributed by atoms with Gasteiger partial charge in [-0.2, -0.15) is 13.2 Å². The van der Waals surface area contributed by atoms with E-state index < -0.39 is 28.9 Å². The third kappa shape index (κ3) is 3.01. The number of halogens is 4. The first kappa shape index (κ1) is 15.0. The number of ether oxygens (including phenoxy) is 1. The Hall–Kier alpha value is -2.44. The van der Waals surface area contributed by atoms with E-state index in [-0.39, 0.29) is 11.4 Å². The molecular weight excluding hydrogens is 290 g/mol. The number of hydrogen-bond donors (Lipinski definition) is 0. The van der Waals surface area contributed by atoms with Crippen LogP contribution in [-0.4, -0.2) is 17.9 Å². The Morgan fingerprint density at radius 1 is 1.24 bits per heavy atom. The minimum Gasteiger partial charge on any atom is -0.494 e. The number of benzene rings is 1. The molecule has 110 valence electrons. The fourth-order valence-corrected chi connectivity index (χ4v) is 1.73. The van der Waals surface area contributed by atoms with Crippen LogP contribution in [0.15, 0.2) is 36.5 Å². The van der Waals surface area contributed by atoms with Crippen LogP contribution in [0.25, 0.3) is 0 Å². The fraction of sp³-hybridized carbons (Fsp3) is 0.143. The molecule has 0 spiro atoms. The predicted octanol–water partition coefficient (Wildman–Crippen LogP) is 3.48. The van der Waals surface area contributed by atoms with Gasteiger partial charge in [-0.05, 0) is 30.3 Å². The quantitative estimate of drug-likeness (QED) is 0.643. The maximum Gasteiger partial charge on any atom is 0.416 e. The van der Waals surface area contributed by atoms with Crippen molar-refractivity contribution in [3.05, 3.63) is 59.2 Å². The van der Waals surface area contributed by atoms with E-state index in [0.29, 0.717) is 18.2 Å². The molecule has 0 aliphatic carbocycles. The lowest BCUT2D eigenvalue weighted by Crippen LogP contribution is -2.12. The van der Waals surface area contributed by atoms with Crippen LogP contribution in [0.1, 0.15) is 21.6 Å². The molecule has 21 heavy (non-hydrogen) atoms. The Kier molecular flexibility index (Phi) is 3.93. The molecule has 0 aliphatic heterocycles. The Bertz CT molecular complexity index is 683. The van der Waals surface area contributed by atoms with Crippen LogP contribution >= 0.6 is 0 Å². The zero-order chi connectivity index (χ0) is 15.6. The number of rotatable bonds is 3. The number of ketones is 1. The number of carbonyl (C=O) groups excluding carboxylic acids is 1. The van der Waals surface area contributed by atoms with Crippen LogP contribution in [0.4, 0.5) is 17.6 Å². The van der Waals surface area contributed by atoms with E-state index in [4.69, 9.17) is 4.74 Å². The van der Waals surface area contributed by atoms with Crippen molar-refractivity contribution in [1.82, 2.24) is 4.98 Å². The van der Waals surface area contributed by atoms with Crippen LogP contribution in [0.3, 0.4) is 0 Å². The Labute approximate surface area is 117 Å². The number of nitrogens with zero attached hydrogens (tertiary/aromatic N) is 1. The van der Waals surface area contributed by atoms with Crippen LogP contribution in [0, 0.1) is 5.82 Å². The summed E-state index contributed by atoms with van der Waals surface area (Å²) < 4.78 is 56.5. The Balaban J connectivity index is 2.53. The van der Waals surface area contributed by atoms with Gasteiger partial charge in [0.25, 0.3) is 0 Å². The number of methoxy groups -OCH3 is 1. The largest absolute Gasteiger partial charge is 0.494 e. The fourth-order valence-electron chi connectivity index (χ4n) is 1.73. The highest BCUT2D eigenvalue weighted by atomic mass is 19.4. The standard InChI is InChI=1S/C14H9F4NO2/c1-21-11-3-2-6-19-12(11)13(20)9-7-8(14(16,17)18)4-5-10(9)15/h2-7H,1H3. The monoisotopic (exact) mass is 299 g/mol. The average molecular weight is 299 g/mol. The topological polar surface area (TPSA) is 39.2 Å². The Morgan fingerprint density at radius 3 is 2.57 bits per heavy atom. The molecule has 1 heterocycles. The molecule has 0 aliphatic rings. The second-order valence-corrected chi connectivity index (χ2v) is 4.08. The highest BCUT2D eigenvalue weighted by Gasteiger charge is 2.32. The predicted molar refractivity (Wildman–Crippen MR) is 65.6 cm³/mol. The van der Waals surface area contributed by atoms with Crippen molar-refractivity contribution in [2.24, 2.45) is 0 Å². The second-order valence-electron chi connectivity index (χ2n) is 4.08. The van der Waals surface area contributed by atoms with E-state index in [1.165, 1.54) is 25.4 Å². The van der Waals surface area contributed by atoms with Crippen molar-refractivity contribution >= 4 is 5.78 Å². The van der Waals surface area contributed by atoms with Gasteiger partial charge >= 0.3 is 6.18 Å². The lowest BCUT2D eigenvalue weighted by atomic mass is 10.0. The summed E-state index contributed by atoms with van der Waals surface area (Å²) in [6.07, 6.45) is -3.40. The van der Waals surface area contributed by atoms with Gasteiger partial charge in [-0.15, -0.1) is 0 Å². The number of pyridine rings is 1. The van der Waals surface area contributed by atoms with Gasteiger partial charge in [0.2, 0.25) is 5.78 Å². The van der Waals surface area contributed by atoms with E-state index in [2.05, 4.69) is 4.98 Å². The van der Waals surface area contributed by atoms with Crippen LogP contribution in [0.2, 0.25) is 0 Å². The van der Waals surface area contributed by atoms with E-state index in [9.17, 15) is 22.4 Å². The summed E-state index contributed by atoms with van der Waals surface area (Å²) in [4.78, 5) is 15.9. The normalized spacial score (nSPS) is 11.3. The lowest BCUT2D eigenvalue weighted by molar-refractivity contribution is -0.137. The average Bonchev–Trinajstić information content (AvgIpc) is 2.45. The third-order valence-corrected chi connectivity index (χ3v) is 2.74. The Morgan fingerprint density at radius 2 is 1.95 bits per heavy atom. The number of hydrogen-bond acceptors (Lipinski definition) is 3. The molecule has 0 bridgehead atoms. The van der Waals surface area contributed by atoms with E-state index in [1.54, 1.807) is 0 Å². The van der Waals surface area contributed by atoms with Crippen molar-refractivity contribution in [2.45, 2.75) is 6.18 Å². The van der Waals surface area contributed by atoms with Crippen LogP contribution in [-0.2, 0) is 6.18 Å². The summed E-state index contributed by atoms with van der Waals surface area (Å²) in [5.74, 6) is -1.98. The van der Waals surface area contributed by atoms with Gasteiger partial charge in [0.05, 0.1) is 18.2 Å². The van der Waals surface area contributed by atoms with Gasteiger partial charge in [-0.1, -0.05) is 0 Å². The molecule has 2 aromatic rings. The summed E-state index contributed by atoms with van der Waals surface area (Å²) in [7, 11) is 1.27. The van der Waals surface area contributed by atoms with Gasteiger partial charge in [-0.3, -0.25) is 4.79 Å². The summed E-state index contributed by atoms with van der Waals surface area (Å²) >= 11 is 0. The molecule has 0 amide bonds. The smallest absolute Gasteiger partial charge is 0.416 e. The molecule has 0 N–H and O–H groups in total. The van der Waals surface area contributed by atoms with Crippen molar-refractivity contribution in [3.63, 3.8) is 0 Å². The molecule has 0 saturated heterocycles. The van der Waals surface area contributed by atoms with Crippen molar-refractivity contribution in [2.75, 3.05) is 7.11 Å². The van der Waals surface area contributed by atoms with Gasteiger partial charge in [-0.25, -0.2) is 9.37 Å². The van der Waals surface area contributed by atoms with E-state index in [1.807, 2.05) is 0 Å². The van der Waals surface area contributed by atoms with Gasteiger partial charge < -0.3 is 4.74 Å². The van der Waals surface area contributed by atoms with Crippen molar-refractivity contribution in [1.29, 1.82) is 0 Å². The molecule has 0 radical (unpaired) electrons. The minimum absolute atomic E-state index is 0.0549. The molecule has 1 aromatic heterocycles. The highest BCUT2D eigenvalue weighted by Crippen LogP contribution is 2.31. The van der Waals surface area contributed by atoms with Gasteiger partial charge in [0.15, 0.2) is 5.69 Å². The van der Waals surface area contributed by atoms with Gasteiger partial charge in [0.1, 0.15) is 11.6 Å². The first-order valence-electron chi connectivity index (χ1n) is 5.75. The molecular formula is C14H9F4NO2. The second kappa shape index (κ2) is 5.51. The van der Waals surface area contributed by atoms with Crippen LogP contribution in [0.5, 0.6) is 5.75 Å². The SMILES string of the molecule is COc1cccnc1C(=O)c1cc(C(F)(F)F)ccc1F. The molecule has 0 unspecified atom stereocenters. The highest BCUT2D eigenvalue weighted by molar-refractivity contribution is 6.09. The van der Waals surface area contributed by atoms with Crippen molar-refractivity contribution in [3.8, 4) is 5.75 Å². The zero-order valence-corrected chi connectivity index (χ0v) is 10.7. The van der Waals surface area contributed by atoms with Gasteiger partial charge in [0, 0.05) is 6.20 Å². The van der Waals surface area contributed by atoms with Crippen LogP contribution < -0.4 is 4.74 Å². The summed E-state index contributed by atoms with van der Waals surface area (Å²) in [5.41, 5.74) is -2.07. The van der Waals surface area contributed by atoms with E-state index in [0.717, 1.165) is 0 Å². The number of alkyl halides is 3. The lowest BCUT2D eigenvalue weighted by Gasteiger charge is -2.10. The molecule has 3 nitrogen and oxygen atoms in total. The summed E-state index contributed by atoms with van der Waals surface area (Å²) in [6, 6.07) is 4.53. The summed E-state index contributed by atoms with van der Waals surface area (Å²) in [5, 5.41) is 0. The molecule has 7 heteroatoms. The third-order valence-electron chi connectivity index (χ3n) is 2.74. The zero-order valence-electron chi connectivity index (χ0n) is 10.7. The maximum atomic E-state index is 13.7. The van der Waals surface area contributed by atoms with Crippen molar-refractivity contribution < 1.29 is 27.1 Å². The number of aromatic nitrogens is 1. The molecule has 2 rings (SSSR count). The first-order valence-corrected chi connectivity index (χ1v) is 5.75. The number of carbonyl (C=O) groups is 1. The van der Waals surface area contributed by atoms with E-state index >= 15 is 0 Å². The first-order chi connectivity index (χ1) is 9.84. The maximum absolute atomic E-state index is 13.7.